The Labute approximate surface area is 90.1 Å². The second-order valence-electron chi connectivity index (χ2n) is 4.03. The van der Waals surface area contributed by atoms with Crippen molar-refractivity contribution in [1.29, 1.82) is 0 Å². The standard InChI is InChI=1S/C10H19NO4/c1-7(2)5-14-10(13)11-9(8(3)4)15-6-12/h6-9H,5H2,1-4H3,(H,11,13). The number of alkyl carbamates (subject to hydrolysis) is 1. The number of ether oxygens (including phenoxy) is 2. The van der Waals surface area contributed by atoms with Gasteiger partial charge in [-0.3, -0.25) is 10.1 Å². The van der Waals surface area contributed by atoms with Gasteiger partial charge in [0, 0.05) is 5.92 Å². The summed E-state index contributed by atoms with van der Waals surface area (Å²) in [6.07, 6.45) is -1.20. The molecule has 1 unspecified atom stereocenters. The van der Waals surface area contributed by atoms with E-state index in [9.17, 15) is 9.59 Å². The zero-order valence-corrected chi connectivity index (χ0v) is 9.65. The molecule has 88 valence electrons. The third kappa shape index (κ3) is 6.76. The van der Waals surface area contributed by atoms with Crippen LogP contribution < -0.4 is 5.32 Å². The summed E-state index contributed by atoms with van der Waals surface area (Å²) in [5.74, 6) is 0.280. The van der Waals surface area contributed by atoms with Gasteiger partial charge in [-0.1, -0.05) is 27.7 Å². The molecule has 0 rings (SSSR count). The Morgan fingerprint density at radius 1 is 1.33 bits per heavy atom. The van der Waals surface area contributed by atoms with E-state index in [0.717, 1.165) is 0 Å². The van der Waals surface area contributed by atoms with Crippen LogP contribution >= 0.6 is 0 Å². The predicted molar refractivity (Wildman–Crippen MR) is 55.1 cm³/mol. The molecule has 0 aliphatic carbocycles. The molecule has 0 aromatic carbocycles. The van der Waals surface area contributed by atoms with Gasteiger partial charge in [0.25, 0.3) is 6.47 Å². The van der Waals surface area contributed by atoms with Gasteiger partial charge in [0.15, 0.2) is 6.23 Å². The highest BCUT2D eigenvalue weighted by atomic mass is 16.6. The van der Waals surface area contributed by atoms with Crippen LogP contribution in [0, 0.1) is 11.8 Å². The minimum atomic E-state index is -0.637. The van der Waals surface area contributed by atoms with Gasteiger partial charge in [-0.2, -0.15) is 0 Å². The average molecular weight is 217 g/mol. The lowest BCUT2D eigenvalue weighted by Crippen LogP contribution is -2.41. The highest BCUT2D eigenvalue weighted by molar-refractivity contribution is 5.67. The Balaban J connectivity index is 3.94. The quantitative estimate of drug-likeness (QED) is 0.541. The van der Waals surface area contributed by atoms with Crippen LogP contribution in [-0.4, -0.2) is 25.4 Å². The third-order valence-corrected chi connectivity index (χ3v) is 1.62. The molecule has 0 saturated carbocycles. The van der Waals surface area contributed by atoms with Crippen molar-refractivity contribution < 1.29 is 19.1 Å². The first kappa shape index (κ1) is 13.7. The van der Waals surface area contributed by atoms with E-state index in [1.165, 1.54) is 0 Å². The smallest absolute Gasteiger partial charge is 0.410 e. The van der Waals surface area contributed by atoms with Crippen LogP contribution in [0.2, 0.25) is 0 Å². The fourth-order valence-corrected chi connectivity index (χ4v) is 0.818. The van der Waals surface area contributed by atoms with Gasteiger partial charge in [-0.25, -0.2) is 4.79 Å². The van der Waals surface area contributed by atoms with Crippen LogP contribution in [0.5, 0.6) is 0 Å². The van der Waals surface area contributed by atoms with Crippen molar-refractivity contribution in [1.82, 2.24) is 5.32 Å². The Hall–Kier alpha value is -1.26. The molecule has 1 N–H and O–H groups in total. The highest BCUT2D eigenvalue weighted by Crippen LogP contribution is 2.02. The summed E-state index contributed by atoms with van der Waals surface area (Å²) >= 11 is 0. The minimum absolute atomic E-state index is 0.00167. The lowest BCUT2D eigenvalue weighted by molar-refractivity contribution is -0.136. The lowest BCUT2D eigenvalue weighted by Gasteiger charge is -2.20. The van der Waals surface area contributed by atoms with E-state index < -0.39 is 12.3 Å². The normalized spacial score (nSPS) is 12.4. The summed E-state index contributed by atoms with van der Waals surface area (Å²) in [5, 5.41) is 2.46. The number of nitrogens with one attached hydrogen (secondary N) is 1. The molecule has 0 bridgehead atoms. The maximum atomic E-state index is 11.2. The van der Waals surface area contributed by atoms with Crippen molar-refractivity contribution >= 4 is 12.6 Å². The second kappa shape index (κ2) is 7.09. The molecular weight excluding hydrogens is 198 g/mol. The molecule has 0 saturated heterocycles. The molecule has 0 aliphatic heterocycles. The summed E-state index contributed by atoms with van der Waals surface area (Å²) in [7, 11) is 0. The van der Waals surface area contributed by atoms with Crippen LogP contribution in [0.4, 0.5) is 4.79 Å². The molecule has 0 heterocycles. The molecular formula is C10H19NO4. The summed E-state index contributed by atoms with van der Waals surface area (Å²) in [4.78, 5) is 21.4. The molecule has 0 aromatic rings. The van der Waals surface area contributed by atoms with Gasteiger partial charge in [-0.05, 0) is 5.92 Å². The van der Waals surface area contributed by atoms with Crippen LogP contribution in [0.1, 0.15) is 27.7 Å². The van der Waals surface area contributed by atoms with E-state index in [1.54, 1.807) is 0 Å². The molecule has 1 amide bonds. The molecule has 0 fully saturated rings. The first-order valence-electron chi connectivity index (χ1n) is 4.99. The third-order valence-electron chi connectivity index (χ3n) is 1.62. The van der Waals surface area contributed by atoms with E-state index in [2.05, 4.69) is 10.1 Å². The molecule has 1 atom stereocenters. The first-order chi connectivity index (χ1) is 6.97. The van der Waals surface area contributed by atoms with Crippen molar-refractivity contribution in [3.05, 3.63) is 0 Å². The number of carbonyl (C=O) groups is 2. The molecule has 0 aliphatic rings. The number of hydrogen-bond acceptors (Lipinski definition) is 4. The SMILES string of the molecule is CC(C)COC(=O)NC(OC=O)C(C)C. The molecule has 5 heteroatoms. The Morgan fingerprint density at radius 2 is 1.93 bits per heavy atom. The van der Waals surface area contributed by atoms with E-state index in [0.29, 0.717) is 13.1 Å². The Morgan fingerprint density at radius 3 is 2.33 bits per heavy atom. The van der Waals surface area contributed by atoms with Gasteiger partial charge >= 0.3 is 6.09 Å². The van der Waals surface area contributed by atoms with Gasteiger partial charge in [-0.15, -0.1) is 0 Å². The highest BCUT2D eigenvalue weighted by Gasteiger charge is 2.17. The fraction of sp³-hybridized carbons (Fsp3) is 0.800. The number of amides is 1. The van der Waals surface area contributed by atoms with Crippen molar-refractivity contribution in [3.63, 3.8) is 0 Å². The topological polar surface area (TPSA) is 64.6 Å². The summed E-state index contributed by atoms with van der Waals surface area (Å²) in [6.45, 7) is 8.20. The van der Waals surface area contributed by atoms with Crippen LogP contribution in [0.25, 0.3) is 0 Å². The second-order valence-corrected chi connectivity index (χ2v) is 4.03. The number of carbonyl (C=O) groups excluding carboxylic acids is 2. The summed E-state index contributed by atoms with van der Waals surface area (Å²) in [5.41, 5.74) is 0. The monoisotopic (exact) mass is 217 g/mol. The number of rotatable bonds is 6. The van der Waals surface area contributed by atoms with E-state index in [-0.39, 0.29) is 11.8 Å². The van der Waals surface area contributed by atoms with Gasteiger partial charge < -0.3 is 9.47 Å². The number of hydrogen-bond donors (Lipinski definition) is 1. The van der Waals surface area contributed by atoms with Crippen LogP contribution in [0.15, 0.2) is 0 Å². The summed E-state index contributed by atoms with van der Waals surface area (Å²) in [6, 6.07) is 0. The van der Waals surface area contributed by atoms with Crippen molar-refractivity contribution in [2.75, 3.05) is 6.61 Å². The fourth-order valence-electron chi connectivity index (χ4n) is 0.818. The van der Waals surface area contributed by atoms with Gasteiger partial charge in [0.05, 0.1) is 6.61 Å². The predicted octanol–water partition coefficient (Wildman–Crippen LogP) is 1.52. The lowest BCUT2D eigenvalue weighted by atomic mass is 10.2. The Bertz CT molecular complexity index is 204. The Kier molecular flexibility index (Phi) is 6.49. The first-order valence-corrected chi connectivity index (χ1v) is 4.99. The maximum absolute atomic E-state index is 11.2. The zero-order chi connectivity index (χ0) is 11.8. The minimum Gasteiger partial charge on any atom is -0.449 e. The van der Waals surface area contributed by atoms with Gasteiger partial charge in [0.1, 0.15) is 0 Å². The van der Waals surface area contributed by atoms with Gasteiger partial charge in [0.2, 0.25) is 0 Å². The van der Waals surface area contributed by atoms with E-state index in [1.807, 2.05) is 27.7 Å². The molecule has 15 heavy (non-hydrogen) atoms. The molecule has 0 radical (unpaired) electrons. The molecule has 0 spiro atoms. The largest absolute Gasteiger partial charge is 0.449 e. The van der Waals surface area contributed by atoms with Crippen molar-refractivity contribution in [2.24, 2.45) is 11.8 Å². The van der Waals surface area contributed by atoms with Crippen molar-refractivity contribution in [3.8, 4) is 0 Å². The van der Waals surface area contributed by atoms with Crippen LogP contribution in [-0.2, 0) is 14.3 Å². The van der Waals surface area contributed by atoms with E-state index >= 15 is 0 Å². The average Bonchev–Trinajstić information content (AvgIpc) is 2.14. The van der Waals surface area contributed by atoms with E-state index in [4.69, 9.17) is 4.74 Å². The van der Waals surface area contributed by atoms with Crippen LogP contribution in [0.3, 0.4) is 0 Å². The summed E-state index contributed by atoms with van der Waals surface area (Å²) < 4.78 is 9.57. The molecule has 0 aromatic heterocycles. The zero-order valence-electron chi connectivity index (χ0n) is 9.65. The molecule has 5 nitrogen and oxygen atoms in total. The maximum Gasteiger partial charge on any atom is 0.410 e. The van der Waals surface area contributed by atoms with Crippen molar-refractivity contribution in [2.45, 2.75) is 33.9 Å².